The zero-order chi connectivity index (χ0) is 14.5. The predicted molar refractivity (Wildman–Crippen MR) is 85.1 cm³/mol. The van der Waals surface area contributed by atoms with Gasteiger partial charge in [-0.1, -0.05) is 24.6 Å². The van der Waals surface area contributed by atoms with Gasteiger partial charge in [0.25, 0.3) is 0 Å². The second kappa shape index (κ2) is 7.26. The van der Waals surface area contributed by atoms with Gasteiger partial charge in [0.15, 0.2) is 5.16 Å². The number of morpholine rings is 1. The summed E-state index contributed by atoms with van der Waals surface area (Å²) in [6, 6.07) is 0. The van der Waals surface area contributed by atoms with Gasteiger partial charge in [-0.25, -0.2) is 0 Å². The first kappa shape index (κ1) is 14.8. The van der Waals surface area contributed by atoms with E-state index in [9.17, 15) is 0 Å². The maximum Gasteiger partial charge on any atom is 0.231 e. The zero-order valence-electron chi connectivity index (χ0n) is 12.5. The number of hydrogen-bond donors (Lipinski definition) is 1. The maximum absolute atomic E-state index is 5.40. The first-order valence-corrected chi connectivity index (χ1v) is 8.72. The fraction of sp³-hybridized carbons (Fsp3) is 0.786. The summed E-state index contributed by atoms with van der Waals surface area (Å²) in [6.45, 7) is 6.06. The van der Waals surface area contributed by atoms with Gasteiger partial charge in [-0.3, -0.25) is 0 Å². The Balaban J connectivity index is 1.78. The summed E-state index contributed by atoms with van der Waals surface area (Å²) in [4.78, 5) is 16.0. The third-order valence-electron chi connectivity index (χ3n) is 3.81. The molecule has 0 unspecified atom stereocenters. The van der Waals surface area contributed by atoms with Gasteiger partial charge in [0.2, 0.25) is 11.9 Å². The number of nitrogens with one attached hydrogen (secondary N) is 1. The number of thioether (sulfide) groups is 1. The van der Waals surface area contributed by atoms with E-state index in [-0.39, 0.29) is 0 Å². The molecule has 1 N–H and O–H groups in total. The molecule has 2 fully saturated rings. The Morgan fingerprint density at radius 3 is 2.67 bits per heavy atom. The molecule has 3 rings (SSSR count). The fourth-order valence-corrected chi connectivity index (χ4v) is 3.84. The standard InChI is InChI=1S/C14H23N5OS/c1-2-15-12-16-13(19-7-9-20-10-8-19)18-14(17-12)21-11-5-3-4-6-11/h11H,2-10H2,1H3,(H,15,16,17,18). The monoisotopic (exact) mass is 309 g/mol. The lowest BCUT2D eigenvalue weighted by molar-refractivity contribution is 0.122. The maximum atomic E-state index is 5.40. The Morgan fingerprint density at radius 1 is 1.19 bits per heavy atom. The first-order chi connectivity index (χ1) is 10.3. The van der Waals surface area contributed by atoms with E-state index >= 15 is 0 Å². The van der Waals surface area contributed by atoms with Crippen molar-refractivity contribution in [2.75, 3.05) is 43.1 Å². The van der Waals surface area contributed by atoms with Gasteiger partial charge in [-0.05, 0) is 19.8 Å². The van der Waals surface area contributed by atoms with E-state index in [0.717, 1.165) is 44.0 Å². The summed E-state index contributed by atoms with van der Waals surface area (Å²) in [5, 5.41) is 4.74. The molecule has 0 amide bonds. The Morgan fingerprint density at radius 2 is 1.95 bits per heavy atom. The average molecular weight is 309 g/mol. The second-order valence-electron chi connectivity index (χ2n) is 5.40. The Kier molecular flexibility index (Phi) is 5.13. The molecule has 1 saturated carbocycles. The van der Waals surface area contributed by atoms with E-state index in [1.807, 2.05) is 11.8 Å². The minimum atomic E-state index is 0.666. The molecule has 1 aliphatic carbocycles. The molecule has 0 spiro atoms. The largest absolute Gasteiger partial charge is 0.378 e. The topological polar surface area (TPSA) is 63.2 Å². The quantitative estimate of drug-likeness (QED) is 0.894. The highest BCUT2D eigenvalue weighted by Crippen LogP contribution is 2.33. The van der Waals surface area contributed by atoms with Crippen LogP contribution in [-0.2, 0) is 4.74 Å². The molecule has 0 atom stereocenters. The van der Waals surface area contributed by atoms with Crippen molar-refractivity contribution in [3.8, 4) is 0 Å². The molecule has 0 aromatic carbocycles. The van der Waals surface area contributed by atoms with Crippen LogP contribution in [0.3, 0.4) is 0 Å². The van der Waals surface area contributed by atoms with Crippen molar-refractivity contribution in [3.05, 3.63) is 0 Å². The van der Waals surface area contributed by atoms with Crippen LogP contribution in [-0.4, -0.2) is 53.0 Å². The van der Waals surface area contributed by atoms with Gasteiger partial charge in [0, 0.05) is 24.9 Å². The van der Waals surface area contributed by atoms with Crippen LogP contribution in [0, 0.1) is 0 Å². The van der Waals surface area contributed by atoms with Gasteiger partial charge in [-0.15, -0.1) is 0 Å². The highest BCUT2D eigenvalue weighted by atomic mass is 32.2. The summed E-state index contributed by atoms with van der Waals surface area (Å²) in [7, 11) is 0. The van der Waals surface area contributed by atoms with Crippen LogP contribution in [0.4, 0.5) is 11.9 Å². The normalized spacial score (nSPS) is 20.0. The van der Waals surface area contributed by atoms with Crippen molar-refractivity contribution in [1.82, 2.24) is 15.0 Å². The van der Waals surface area contributed by atoms with Crippen LogP contribution < -0.4 is 10.2 Å². The van der Waals surface area contributed by atoms with Crippen LogP contribution in [0.5, 0.6) is 0 Å². The molecule has 1 aromatic rings. The molecule has 1 aromatic heterocycles. The number of aromatic nitrogens is 3. The summed E-state index contributed by atoms with van der Waals surface area (Å²) in [5.74, 6) is 1.47. The van der Waals surface area contributed by atoms with Gasteiger partial charge in [0.05, 0.1) is 13.2 Å². The van der Waals surface area contributed by atoms with Crippen LogP contribution >= 0.6 is 11.8 Å². The second-order valence-corrected chi connectivity index (χ2v) is 6.66. The smallest absolute Gasteiger partial charge is 0.231 e. The van der Waals surface area contributed by atoms with Crippen LogP contribution in [0.2, 0.25) is 0 Å². The minimum Gasteiger partial charge on any atom is -0.378 e. The molecule has 21 heavy (non-hydrogen) atoms. The zero-order valence-corrected chi connectivity index (χ0v) is 13.4. The number of nitrogens with zero attached hydrogens (tertiary/aromatic N) is 4. The highest BCUT2D eigenvalue weighted by molar-refractivity contribution is 7.99. The number of anilines is 2. The van der Waals surface area contributed by atoms with E-state index in [0.29, 0.717) is 11.2 Å². The molecule has 2 heterocycles. The average Bonchev–Trinajstić information content (AvgIpc) is 3.01. The lowest BCUT2D eigenvalue weighted by Crippen LogP contribution is -2.37. The first-order valence-electron chi connectivity index (χ1n) is 7.84. The van der Waals surface area contributed by atoms with Gasteiger partial charge >= 0.3 is 0 Å². The van der Waals surface area contributed by atoms with Crippen molar-refractivity contribution in [2.24, 2.45) is 0 Å². The van der Waals surface area contributed by atoms with Crippen LogP contribution in [0.15, 0.2) is 5.16 Å². The predicted octanol–water partition coefficient (Wildman–Crippen LogP) is 2.17. The molecule has 7 heteroatoms. The van der Waals surface area contributed by atoms with E-state index < -0.39 is 0 Å². The van der Waals surface area contributed by atoms with Crippen molar-refractivity contribution in [3.63, 3.8) is 0 Å². The molecule has 1 saturated heterocycles. The lowest BCUT2D eigenvalue weighted by Gasteiger charge is -2.27. The summed E-state index contributed by atoms with van der Waals surface area (Å²) in [6.07, 6.45) is 5.22. The van der Waals surface area contributed by atoms with Crippen LogP contribution in [0.25, 0.3) is 0 Å². The molecule has 2 aliphatic rings. The molecule has 0 radical (unpaired) electrons. The highest BCUT2D eigenvalue weighted by Gasteiger charge is 2.21. The van der Waals surface area contributed by atoms with Crippen molar-refractivity contribution in [2.45, 2.75) is 43.0 Å². The van der Waals surface area contributed by atoms with Crippen LogP contribution in [0.1, 0.15) is 32.6 Å². The molecule has 6 nitrogen and oxygen atoms in total. The van der Waals surface area contributed by atoms with E-state index in [1.54, 1.807) is 0 Å². The Bertz CT molecular complexity index is 461. The molecular weight excluding hydrogens is 286 g/mol. The van der Waals surface area contributed by atoms with Gasteiger partial charge in [0.1, 0.15) is 0 Å². The van der Waals surface area contributed by atoms with Crippen molar-refractivity contribution in [1.29, 1.82) is 0 Å². The molecule has 116 valence electrons. The van der Waals surface area contributed by atoms with E-state index in [1.165, 1.54) is 25.7 Å². The molecular formula is C14H23N5OS. The minimum absolute atomic E-state index is 0.666. The summed E-state index contributed by atoms with van der Waals surface area (Å²) in [5.41, 5.74) is 0. The van der Waals surface area contributed by atoms with E-state index in [2.05, 4.69) is 32.1 Å². The Labute approximate surface area is 130 Å². The Hall–Kier alpha value is -1.08. The summed E-state index contributed by atoms with van der Waals surface area (Å²) >= 11 is 1.81. The third-order valence-corrected chi connectivity index (χ3v) is 5.00. The molecule has 0 bridgehead atoms. The van der Waals surface area contributed by atoms with Gasteiger partial charge in [-0.2, -0.15) is 15.0 Å². The van der Waals surface area contributed by atoms with Gasteiger partial charge < -0.3 is 15.0 Å². The SMILES string of the molecule is CCNc1nc(SC2CCCC2)nc(N2CCOCC2)n1. The fourth-order valence-electron chi connectivity index (χ4n) is 2.70. The summed E-state index contributed by atoms with van der Waals surface area (Å²) < 4.78 is 5.40. The number of hydrogen-bond acceptors (Lipinski definition) is 7. The number of rotatable bonds is 5. The third kappa shape index (κ3) is 3.97. The van der Waals surface area contributed by atoms with E-state index in [4.69, 9.17) is 4.74 Å². The molecule has 1 aliphatic heterocycles. The number of ether oxygens (including phenoxy) is 1. The lowest BCUT2D eigenvalue weighted by atomic mass is 10.4. The van der Waals surface area contributed by atoms with Crippen molar-refractivity contribution >= 4 is 23.7 Å². The van der Waals surface area contributed by atoms with Crippen molar-refractivity contribution < 1.29 is 4.74 Å².